The van der Waals surface area contributed by atoms with Gasteiger partial charge in [0.05, 0.1) is 12.5 Å². The highest BCUT2D eigenvalue weighted by Gasteiger charge is 2.10. The Morgan fingerprint density at radius 1 is 0.938 bits per heavy atom. The number of cyclic esters (lactones) is 2. The molecule has 0 fully saturated rings. The third kappa shape index (κ3) is 8.25. The highest BCUT2D eigenvalue weighted by molar-refractivity contribution is 6.04. The lowest BCUT2D eigenvalue weighted by Crippen LogP contribution is -1.96. The van der Waals surface area contributed by atoms with E-state index in [2.05, 4.69) is 22.3 Å². The molecule has 0 saturated heterocycles. The quantitative estimate of drug-likeness (QED) is 0.414. The average molecular weight is 220 g/mol. The number of carbonyl (C=O) groups is 2. The highest BCUT2D eigenvalue weighted by atomic mass is 16.6. The van der Waals surface area contributed by atoms with E-state index in [0.29, 0.717) is 0 Å². The second-order valence-electron chi connectivity index (χ2n) is 2.34. The number of carbonyl (C=O) groups excluding carboxylic acids is 2. The first-order valence-corrected chi connectivity index (χ1v) is 4.35. The molecule has 1 aliphatic heterocycles. The zero-order chi connectivity index (χ0) is 12.2. The number of rotatable bonds is 1. The van der Waals surface area contributed by atoms with Gasteiger partial charge in [0.2, 0.25) is 0 Å². The monoisotopic (exact) mass is 220 g/mol. The van der Waals surface area contributed by atoms with Crippen molar-refractivity contribution in [3.63, 3.8) is 0 Å². The van der Waals surface area contributed by atoms with Crippen LogP contribution in [0.5, 0.6) is 0 Å². The molecule has 2 heterocycles. The first-order valence-electron chi connectivity index (χ1n) is 4.35. The van der Waals surface area contributed by atoms with Gasteiger partial charge < -0.3 is 9.15 Å². The predicted octanol–water partition coefficient (Wildman–Crippen LogP) is 2.26. The molecule has 0 bridgehead atoms. The van der Waals surface area contributed by atoms with Crippen molar-refractivity contribution in [1.82, 2.24) is 0 Å². The second kappa shape index (κ2) is 9.21. The Labute approximate surface area is 93.5 Å². The van der Waals surface area contributed by atoms with Crippen LogP contribution in [0.2, 0.25) is 0 Å². The van der Waals surface area contributed by atoms with Gasteiger partial charge in [0.1, 0.15) is 0 Å². The summed E-state index contributed by atoms with van der Waals surface area (Å²) in [6.45, 7) is 6.72. The van der Waals surface area contributed by atoms with Crippen molar-refractivity contribution in [2.45, 2.75) is 0 Å². The van der Waals surface area contributed by atoms with Crippen molar-refractivity contribution in [1.29, 1.82) is 0 Å². The number of esters is 2. The molecule has 84 valence electrons. The molecule has 0 atom stereocenters. The fraction of sp³-hybridized carbons (Fsp3) is 0. The molecule has 0 aliphatic carbocycles. The molecule has 1 aliphatic rings. The van der Waals surface area contributed by atoms with E-state index in [4.69, 9.17) is 0 Å². The fourth-order valence-corrected chi connectivity index (χ4v) is 0.530. The molecule has 0 spiro atoms. The van der Waals surface area contributed by atoms with Gasteiger partial charge in [-0.1, -0.05) is 25.3 Å². The third-order valence-corrected chi connectivity index (χ3v) is 1.15. The summed E-state index contributed by atoms with van der Waals surface area (Å²) in [5.74, 6) is -1.16. The average Bonchev–Trinajstić information content (AvgIpc) is 2.93. The van der Waals surface area contributed by atoms with Gasteiger partial charge in [0.15, 0.2) is 0 Å². The van der Waals surface area contributed by atoms with Crippen LogP contribution in [0.15, 0.2) is 66.5 Å². The number of allylic oxidation sites excluding steroid dienone is 2. The third-order valence-electron chi connectivity index (χ3n) is 1.15. The number of furan rings is 1. The van der Waals surface area contributed by atoms with E-state index in [1.807, 2.05) is 12.1 Å². The summed E-state index contributed by atoms with van der Waals surface area (Å²) < 4.78 is 8.56. The zero-order valence-electron chi connectivity index (χ0n) is 8.67. The summed E-state index contributed by atoms with van der Waals surface area (Å²) in [7, 11) is 0. The summed E-state index contributed by atoms with van der Waals surface area (Å²) in [5, 5.41) is 0. The molecule has 0 N–H and O–H groups in total. The molecule has 2 rings (SSSR count). The second-order valence-corrected chi connectivity index (χ2v) is 2.34. The van der Waals surface area contributed by atoms with Crippen molar-refractivity contribution in [3.8, 4) is 0 Å². The van der Waals surface area contributed by atoms with E-state index >= 15 is 0 Å². The number of hydrogen-bond acceptors (Lipinski definition) is 4. The lowest BCUT2D eigenvalue weighted by Gasteiger charge is -1.80. The summed E-state index contributed by atoms with van der Waals surface area (Å²) >= 11 is 0. The summed E-state index contributed by atoms with van der Waals surface area (Å²) in [6.07, 6.45) is 8.70. The minimum atomic E-state index is -0.579. The smallest absolute Gasteiger partial charge is 0.338 e. The molecule has 1 aromatic heterocycles. The van der Waals surface area contributed by atoms with Crippen LogP contribution in [0.1, 0.15) is 0 Å². The van der Waals surface area contributed by atoms with Crippen molar-refractivity contribution in [2.75, 3.05) is 0 Å². The molecule has 0 saturated carbocycles. The predicted molar refractivity (Wildman–Crippen MR) is 59.3 cm³/mol. The van der Waals surface area contributed by atoms with Crippen molar-refractivity contribution >= 4 is 11.9 Å². The molecule has 0 amide bonds. The topological polar surface area (TPSA) is 56.5 Å². The molecule has 0 aromatic carbocycles. The van der Waals surface area contributed by atoms with Crippen LogP contribution in [-0.4, -0.2) is 11.9 Å². The van der Waals surface area contributed by atoms with Gasteiger partial charge in [-0.2, -0.15) is 0 Å². The van der Waals surface area contributed by atoms with Crippen molar-refractivity contribution in [2.24, 2.45) is 0 Å². The molecule has 0 unspecified atom stereocenters. The van der Waals surface area contributed by atoms with Crippen molar-refractivity contribution in [3.05, 3.63) is 62.1 Å². The first-order chi connectivity index (χ1) is 7.70. The molecule has 4 nitrogen and oxygen atoms in total. The summed E-state index contributed by atoms with van der Waals surface area (Å²) in [5.41, 5.74) is 0. The Morgan fingerprint density at radius 3 is 1.50 bits per heavy atom. The number of hydrogen-bond donors (Lipinski definition) is 0. The Balaban J connectivity index is 0.000000222. The SMILES string of the molecule is C=CC=C.O=C1C=CC(=O)O1.c1ccoc1. The highest BCUT2D eigenvalue weighted by Crippen LogP contribution is 1.92. The van der Waals surface area contributed by atoms with Gasteiger partial charge in [-0.05, 0) is 12.1 Å². The lowest BCUT2D eigenvalue weighted by molar-refractivity contribution is -0.150. The normalized spacial score (nSPS) is 11.5. The molecule has 0 radical (unpaired) electrons. The minimum Gasteiger partial charge on any atom is -0.473 e. The Morgan fingerprint density at radius 2 is 1.38 bits per heavy atom. The van der Waals surface area contributed by atoms with E-state index in [1.54, 1.807) is 24.7 Å². The van der Waals surface area contributed by atoms with Gasteiger partial charge in [-0.25, -0.2) is 9.59 Å². The van der Waals surface area contributed by atoms with Gasteiger partial charge in [0, 0.05) is 12.2 Å². The first kappa shape index (κ1) is 13.6. The standard InChI is InChI=1S/C4H2O3.C4H4O.C4H6/c5-3-1-2-4(6)7-3;1-2-4-5-3-1;1-3-4-2/h1-2H;1-4H;3-4H,1-2H2. The van der Waals surface area contributed by atoms with Crippen LogP contribution in [0.4, 0.5) is 0 Å². The van der Waals surface area contributed by atoms with Gasteiger partial charge in [0.25, 0.3) is 0 Å². The molecule has 1 aromatic rings. The van der Waals surface area contributed by atoms with Crippen LogP contribution >= 0.6 is 0 Å². The maximum absolute atomic E-state index is 9.92. The molecule has 4 heteroatoms. The minimum absolute atomic E-state index is 0.579. The van der Waals surface area contributed by atoms with Crippen LogP contribution in [0, 0.1) is 0 Å². The van der Waals surface area contributed by atoms with Crippen molar-refractivity contribution < 1.29 is 18.7 Å². The Hall–Kier alpha value is -2.36. The fourth-order valence-electron chi connectivity index (χ4n) is 0.530. The molecular weight excluding hydrogens is 208 g/mol. The zero-order valence-corrected chi connectivity index (χ0v) is 8.67. The van der Waals surface area contributed by atoms with Gasteiger partial charge >= 0.3 is 11.9 Å². The largest absolute Gasteiger partial charge is 0.473 e. The van der Waals surface area contributed by atoms with Crippen LogP contribution in [0.25, 0.3) is 0 Å². The van der Waals surface area contributed by atoms with Crippen LogP contribution in [-0.2, 0) is 14.3 Å². The lowest BCUT2D eigenvalue weighted by atomic mass is 10.6. The van der Waals surface area contributed by atoms with Crippen LogP contribution in [0.3, 0.4) is 0 Å². The van der Waals surface area contributed by atoms with E-state index in [-0.39, 0.29) is 0 Å². The number of ether oxygens (including phenoxy) is 1. The summed E-state index contributed by atoms with van der Waals surface area (Å²) in [4.78, 5) is 19.8. The molecular formula is C12H12O4. The van der Waals surface area contributed by atoms with E-state index in [1.165, 1.54) is 0 Å². The maximum Gasteiger partial charge on any atom is 0.338 e. The van der Waals surface area contributed by atoms with E-state index in [9.17, 15) is 9.59 Å². The summed E-state index contributed by atoms with van der Waals surface area (Å²) in [6, 6.07) is 3.67. The van der Waals surface area contributed by atoms with E-state index in [0.717, 1.165) is 12.2 Å². The van der Waals surface area contributed by atoms with E-state index < -0.39 is 11.9 Å². The Kier molecular flexibility index (Phi) is 7.85. The van der Waals surface area contributed by atoms with Gasteiger partial charge in [-0.15, -0.1) is 0 Å². The molecule has 16 heavy (non-hydrogen) atoms. The Bertz CT molecular complexity index is 321. The van der Waals surface area contributed by atoms with Crippen LogP contribution < -0.4 is 0 Å². The maximum atomic E-state index is 9.92. The van der Waals surface area contributed by atoms with Gasteiger partial charge in [-0.3, -0.25) is 0 Å².